The SMILES string of the molecule is COc1ccc(CNC(=S)Nc2cccc(Br)c2)cc1. The van der Waals surface area contributed by atoms with Crippen LogP contribution in [0, 0.1) is 0 Å². The number of hydrogen-bond acceptors (Lipinski definition) is 2. The molecule has 0 aliphatic heterocycles. The van der Waals surface area contributed by atoms with Gasteiger partial charge in [-0.2, -0.15) is 0 Å². The molecule has 2 aromatic carbocycles. The predicted molar refractivity (Wildman–Crippen MR) is 90.2 cm³/mol. The average Bonchev–Trinajstić information content (AvgIpc) is 2.46. The second-order valence-electron chi connectivity index (χ2n) is 4.17. The minimum Gasteiger partial charge on any atom is -0.497 e. The van der Waals surface area contributed by atoms with Crippen LogP contribution in [0.1, 0.15) is 5.56 Å². The second-order valence-corrected chi connectivity index (χ2v) is 5.49. The van der Waals surface area contributed by atoms with Crippen LogP contribution in [0.5, 0.6) is 5.75 Å². The molecule has 0 saturated carbocycles. The van der Waals surface area contributed by atoms with E-state index in [-0.39, 0.29) is 0 Å². The van der Waals surface area contributed by atoms with Crippen LogP contribution in [0.15, 0.2) is 53.0 Å². The summed E-state index contributed by atoms with van der Waals surface area (Å²) in [6, 6.07) is 15.7. The first-order valence-corrected chi connectivity index (χ1v) is 7.31. The van der Waals surface area contributed by atoms with E-state index in [9.17, 15) is 0 Å². The normalized spacial score (nSPS) is 9.90. The Bertz CT molecular complexity index is 587. The van der Waals surface area contributed by atoms with E-state index in [2.05, 4.69) is 26.6 Å². The van der Waals surface area contributed by atoms with Gasteiger partial charge in [-0.3, -0.25) is 0 Å². The summed E-state index contributed by atoms with van der Waals surface area (Å²) >= 11 is 8.69. The molecule has 5 heteroatoms. The maximum absolute atomic E-state index is 5.26. The summed E-state index contributed by atoms with van der Waals surface area (Å²) in [4.78, 5) is 0. The highest BCUT2D eigenvalue weighted by atomic mass is 79.9. The number of rotatable bonds is 4. The number of nitrogens with one attached hydrogen (secondary N) is 2. The van der Waals surface area contributed by atoms with Gasteiger partial charge in [0.2, 0.25) is 0 Å². The lowest BCUT2D eigenvalue weighted by Gasteiger charge is -2.11. The fourth-order valence-corrected chi connectivity index (χ4v) is 2.26. The minimum absolute atomic E-state index is 0.596. The lowest BCUT2D eigenvalue weighted by Crippen LogP contribution is -2.27. The smallest absolute Gasteiger partial charge is 0.171 e. The van der Waals surface area contributed by atoms with Crippen molar-refractivity contribution in [2.45, 2.75) is 6.54 Å². The third-order valence-electron chi connectivity index (χ3n) is 2.69. The Morgan fingerprint density at radius 1 is 1.20 bits per heavy atom. The van der Waals surface area contributed by atoms with Crippen molar-refractivity contribution in [3.8, 4) is 5.75 Å². The Morgan fingerprint density at radius 3 is 2.60 bits per heavy atom. The van der Waals surface area contributed by atoms with E-state index in [4.69, 9.17) is 17.0 Å². The van der Waals surface area contributed by atoms with E-state index in [0.29, 0.717) is 11.7 Å². The summed E-state index contributed by atoms with van der Waals surface area (Å²) in [7, 11) is 1.66. The van der Waals surface area contributed by atoms with Crippen LogP contribution in [-0.2, 0) is 6.54 Å². The van der Waals surface area contributed by atoms with Crippen LogP contribution < -0.4 is 15.4 Å². The van der Waals surface area contributed by atoms with Crippen LogP contribution in [0.3, 0.4) is 0 Å². The monoisotopic (exact) mass is 350 g/mol. The third-order valence-corrected chi connectivity index (χ3v) is 3.43. The van der Waals surface area contributed by atoms with Gasteiger partial charge in [0.1, 0.15) is 5.75 Å². The molecule has 0 atom stereocenters. The lowest BCUT2D eigenvalue weighted by atomic mass is 10.2. The van der Waals surface area contributed by atoms with E-state index in [0.717, 1.165) is 21.5 Å². The van der Waals surface area contributed by atoms with E-state index in [1.165, 1.54) is 0 Å². The second kappa shape index (κ2) is 7.26. The van der Waals surface area contributed by atoms with Gasteiger partial charge < -0.3 is 15.4 Å². The average molecular weight is 351 g/mol. The van der Waals surface area contributed by atoms with E-state index < -0.39 is 0 Å². The molecule has 0 saturated heterocycles. The zero-order valence-electron chi connectivity index (χ0n) is 11.0. The van der Waals surface area contributed by atoms with Gasteiger partial charge in [0.25, 0.3) is 0 Å². The summed E-state index contributed by atoms with van der Waals surface area (Å²) in [5.74, 6) is 0.851. The highest BCUT2D eigenvalue weighted by molar-refractivity contribution is 9.10. The number of halogens is 1. The highest BCUT2D eigenvalue weighted by Gasteiger charge is 1.99. The Hall–Kier alpha value is -1.59. The van der Waals surface area contributed by atoms with Gasteiger partial charge in [0.15, 0.2) is 5.11 Å². The van der Waals surface area contributed by atoms with Crippen LogP contribution in [0.25, 0.3) is 0 Å². The molecule has 0 heterocycles. The maximum Gasteiger partial charge on any atom is 0.171 e. The third kappa shape index (κ3) is 4.51. The summed E-state index contributed by atoms with van der Waals surface area (Å²) < 4.78 is 6.14. The van der Waals surface area contributed by atoms with E-state index in [1.54, 1.807) is 7.11 Å². The number of ether oxygens (including phenoxy) is 1. The molecule has 0 unspecified atom stereocenters. The summed E-state index contributed by atoms with van der Waals surface area (Å²) in [5, 5.41) is 6.91. The fourth-order valence-electron chi connectivity index (χ4n) is 1.67. The molecular formula is C15H15BrN2OS. The molecule has 0 aliphatic carbocycles. The van der Waals surface area contributed by atoms with Crippen molar-refractivity contribution >= 4 is 38.9 Å². The zero-order chi connectivity index (χ0) is 14.4. The molecule has 0 spiro atoms. The zero-order valence-corrected chi connectivity index (χ0v) is 13.4. The number of anilines is 1. The van der Waals surface area contributed by atoms with Gasteiger partial charge in [-0.1, -0.05) is 34.1 Å². The van der Waals surface area contributed by atoms with Crippen molar-refractivity contribution in [1.82, 2.24) is 5.32 Å². The van der Waals surface area contributed by atoms with Gasteiger partial charge >= 0.3 is 0 Å². The van der Waals surface area contributed by atoms with Gasteiger partial charge in [0.05, 0.1) is 7.11 Å². The molecule has 3 nitrogen and oxygen atoms in total. The van der Waals surface area contributed by atoms with Crippen LogP contribution >= 0.6 is 28.1 Å². The van der Waals surface area contributed by atoms with Crippen molar-refractivity contribution in [1.29, 1.82) is 0 Å². The van der Waals surface area contributed by atoms with Gasteiger partial charge in [0, 0.05) is 16.7 Å². The molecule has 0 radical (unpaired) electrons. The first kappa shape index (κ1) is 14.8. The molecule has 104 valence electrons. The molecular weight excluding hydrogens is 336 g/mol. The molecule has 20 heavy (non-hydrogen) atoms. The topological polar surface area (TPSA) is 33.3 Å². The van der Waals surface area contributed by atoms with Crippen molar-refractivity contribution in [2.24, 2.45) is 0 Å². The van der Waals surface area contributed by atoms with Crippen LogP contribution in [0.2, 0.25) is 0 Å². The predicted octanol–water partition coefficient (Wildman–Crippen LogP) is 3.94. The number of benzene rings is 2. The molecule has 2 rings (SSSR count). The fraction of sp³-hybridized carbons (Fsp3) is 0.133. The molecule has 0 fully saturated rings. The molecule has 0 aliphatic rings. The molecule has 0 bridgehead atoms. The van der Waals surface area contributed by atoms with Gasteiger partial charge in [-0.15, -0.1) is 0 Å². The maximum atomic E-state index is 5.26. The molecule has 0 amide bonds. The van der Waals surface area contributed by atoms with Crippen LogP contribution in [-0.4, -0.2) is 12.2 Å². The first-order chi connectivity index (χ1) is 9.67. The number of methoxy groups -OCH3 is 1. The first-order valence-electron chi connectivity index (χ1n) is 6.11. The number of hydrogen-bond donors (Lipinski definition) is 2. The standard InChI is InChI=1S/C15H15BrN2OS/c1-19-14-7-5-11(6-8-14)10-17-15(20)18-13-4-2-3-12(16)9-13/h2-9H,10H2,1H3,(H2,17,18,20). The Morgan fingerprint density at radius 2 is 1.95 bits per heavy atom. The highest BCUT2D eigenvalue weighted by Crippen LogP contribution is 2.15. The Balaban J connectivity index is 1.85. The molecule has 0 aromatic heterocycles. The van der Waals surface area contributed by atoms with E-state index >= 15 is 0 Å². The van der Waals surface area contributed by atoms with Crippen LogP contribution in [0.4, 0.5) is 5.69 Å². The Kier molecular flexibility index (Phi) is 5.38. The number of thiocarbonyl (C=S) groups is 1. The largest absolute Gasteiger partial charge is 0.497 e. The minimum atomic E-state index is 0.596. The van der Waals surface area contributed by atoms with Crippen molar-refractivity contribution in [3.05, 3.63) is 58.6 Å². The summed E-state index contributed by atoms with van der Waals surface area (Å²) in [6.07, 6.45) is 0. The summed E-state index contributed by atoms with van der Waals surface area (Å²) in [6.45, 7) is 0.670. The summed E-state index contributed by atoms with van der Waals surface area (Å²) in [5.41, 5.74) is 2.09. The van der Waals surface area contributed by atoms with Crippen molar-refractivity contribution in [2.75, 3.05) is 12.4 Å². The van der Waals surface area contributed by atoms with Gasteiger partial charge in [-0.05, 0) is 48.1 Å². The Labute approximate surface area is 132 Å². The lowest BCUT2D eigenvalue weighted by molar-refractivity contribution is 0.414. The quantitative estimate of drug-likeness (QED) is 0.818. The molecule has 2 N–H and O–H groups in total. The van der Waals surface area contributed by atoms with Crippen molar-refractivity contribution < 1.29 is 4.74 Å². The van der Waals surface area contributed by atoms with Crippen molar-refractivity contribution in [3.63, 3.8) is 0 Å². The molecule has 2 aromatic rings. The van der Waals surface area contributed by atoms with Gasteiger partial charge in [-0.25, -0.2) is 0 Å². The van der Waals surface area contributed by atoms with E-state index in [1.807, 2.05) is 48.5 Å².